The molecule has 0 aromatic heterocycles. The normalized spacial score (nSPS) is 11.9. The van der Waals surface area contributed by atoms with Crippen molar-refractivity contribution in [2.45, 2.75) is 39.7 Å². The second kappa shape index (κ2) is 6.28. The highest BCUT2D eigenvalue weighted by Crippen LogP contribution is 2.12. The summed E-state index contributed by atoms with van der Waals surface area (Å²) in [5, 5.41) is 3.53. The van der Waals surface area contributed by atoms with Gasteiger partial charge in [0.05, 0.1) is 0 Å². The molecule has 0 saturated carbocycles. The van der Waals surface area contributed by atoms with Crippen LogP contribution >= 0.6 is 0 Å². The third kappa shape index (κ3) is 4.68. The maximum absolute atomic E-state index is 3.53. The van der Waals surface area contributed by atoms with Gasteiger partial charge in [0.1, 0.15) is 0 Å². The lowest BCUT2D eigenvalue weighted by molar-refractivity contribution is 0.735. The van der Waals surface area contributed by atoms with Crippen LogP contribution in [0.2, 0.25) is 0 Å². The van der Waals surface area contributed by atoms with E-state index in [4.69, 9.17) is 0 Å². The zero-order chi connectivity index (χ0) is 11.1. The van der Waals surface area contributed by atoms with Gasteiger partial charge in [-0.15, -0.1) is 0 Å². The fourth-order valence-corrected chi connectivity index (χ4v) is 1.66. The molecule has 15 heavy (non-hydrogen) atoms. The van der Waals surface area contributed by atoms with Crippen LogP contribution in [0.15, 0.2) is 42.0 Å². The smallest absolute Gasteiger partial charge is 0.0446 e. The van der Waals surface area contributed by atoms with Gasteiger partial charge in [-0.2, -0.15) is 0 Å². The maximum atomic E-state index is 3.53. The van der Waals surface area contributed by atoms with Crippen LogP contribution < -0.4 is 5.32 Å². The Labute approximate surface area is 93.2 Å². The number of allylic oxidation sites excluding steroid dienone is 1. The molecule has 0 bridgehead atoms. The molecule has 1 nitrogen and oxygen atoms in total. The lowest BCUT2D eigenvalue weighted by Gasteiger charge is -2.16. The van der Waals surface area contributed by atoms with Crippen molar-refractivity contribution in [3.8, 4) is 0 Å². The molecule has 1 atom stereocenters. The minimum absolute atomic E-state index is 0.461. The summed E-state index contributed by atoms with van der Waals surface area (Å²) in [5.41, 5.74) is 2.57. The van der Waals surface area contributed by atoms with Gasteiger partial charge in [0.2, 0.25) is 0 Å². The SMILES string of the molecule is CCCC(C=C(C)C)Nc1ccccc1. The number of hydrogen-bond acceptors (Lipinski definition) is 1. The third-order valence-electron chi connectivity index (χ3n) is 2.26. The van der Waals surface area contributed by atoms with Crippen molar-refractivity contribution in [3.63, 3.8) is 0 Å². The summed E-state index contributed by atoms with van der Waals surface area (Å²) in [6, 6.07) is 10.9. The topological polar surface area (TPSA) is 12.0 Å². The van der Waals surface area contributed by atoms with Gasteiger partial charge in [-0.3, -0.25) is 0 Å². The van der Waals surface area contributed by atoms with E-state index in [0.717, 1.165) is 0 Å². The first-order valence-electron chi connectivity index (χ1n) is 5.69. The Morgan fingerprint density at radius 3 is 2.47 bits per heavy atom. The zero-order valence-electron chi connectivity index (χ0n) is 9.96. The summed E-state index contributed by atoms with van der Waals surface area (Å²) < 4.78 is 0. The van der Waals surface area contributed by atoms with Crippen LogP contribution in [-0.2, 0) is 0 Å². The molecular formula is C14H21N. The van der Waals surface area contributed by atoms with E-state index in [1.54, 1.807) is 0 Å². The molecule has 0 radical (unpaired) electrons. The Morgan fingerprint density at radius 2 is 1.93 bits per heavy atom. The molecule has 0 aliphatic carbocycles. The van der Waals surface area contributed by atoms with E-state index >= 15 is 0 Å². The van der Waals surface area contributed by atoms with E-state index < -0.39 is 0 Å². The molecule has 1 N–H and O–H groups in total. The second-order valence-corrected chi connectivity index (χ2v) is 4.15. The van der Waals surface area contributed by atoms with Crippen LogP contribution in [0.4, 0.5) is 5.69 Å². The Balaban J connectivity index is 2.63. The lowest BCUT2D eigenvalue weighted by Crippen LogP contribution is -2.16. The van der Waals surface area contributed by atoms with Crippen molar-refractivity contribution >= 4 is 5.69 Å². The Hall–Kier alpha value is -1.24. The van der Waals surface area contributed by atoms with Crippen LogP contribution in [0.5, 0.6) is 0 Å². The number of nitrogens with one attached hydrogen (secondary N) is 1. The number of benzene rings is 1. The second-order valence-electron chi connectivity index (χ2n) is 4.15. The van der Waals surface area contributed by atoms with Gasteiger partial charge >= 0.3 is 0 Å². The highest BCUT2D eigenvalue weighted by molar-refractivity contribution is 5.44. The molecule has 1 rings (SSSR count). The van der Waals surface area contributed by atoms with Crippen molar-refractivity contribution in [1.82, 2.24) is 0 Å². The Kier molecular flexibility index (Phi) is 4.96. The molecule has 0 aliphatic rings. The summed E-state index contributed by atoms with van der Waals surface area (Å²) in [7, 11) is 0. The molecule has 0 aliphatic heterocycles. The van der Waals surface area contributed by atoms with Gasteiger partial charge in [-0.1, -0.05) is 43.2 Å². The van der Waals surface area contributed by atoms with E-state index in [-0.39, 0.29) is 0 Å². The summed E-state index contributed by atoms with van der Waals surface area (Å²) >= 11 is 0. The summed E-state index contributed by atoms with van der Waals surface area (Å²) in [6.07, 6.45) is 4.69. The maximum Gasteiger partial charge on any atom is 0.0446 e. The minimum atomic E-state index is 0.461. The van der Waals surface area contributed by atoms with Crippen molar-refractivity contribution in [2.24, 2.45) is 0 Å². The average Bonchev–Trinajstić information content (AvgIpc) is 2.18. The first-order valence-corrected chi connectivity index (χ1v) is 5.69. The average molecular weight is 203 g/mol. The summed E-state index contributed by atoms with van der Waals surface area (Å²) in [4.78, 5) is 0. The fraction of sp³-hybridized carbons (Fsp3) is 0.429. The van der Waals surface area contributed by atoms with E-state index in [2.05, 4.69) is 56.4 Å². The molecule has 0 fully saturated rings. The van der Waals surface area contributed by atoms with Gasteiger partial charge in [0, 0.05) is 11.7 Å². The van der Waals surface area contributed by atoms with Crippen LogP contribution in [0.25, 0.3) is 0 Å². The molecule has 82 valence electrons. The molecule has 0 amide bonds. The van der Waals surface area contributed by atoms with Crippen LogP contribution in [0.3, 0.4) is 0 Å². The van der Waals surface area contributed by atoms with Crippen molar-refractivity contribution in [2.75, 3.05) is 5.32 Å². The first-order chi connectivity index (χ1) is 7.22. The predicted molar refractivity (Wildman–Crippen MR) is 68.2 cm³/mol. The van der Waals surface area contributed by atoms with Gasteiger partial charge in [0.25, 0.3) is 0 Å². The monoisotopic (exact) mass is 203 g/mol. The van der Waals surface area contributed by atoms with Crippen LogP contribution in [-0.4, -0.2) is 6.04 Å². The van der Waals surface area contributed by atoms with E-state index in [1.165, 1.54) is 24.1 Å². The van der Waals surface area contributed by atoms with Crippen molar-refractivity contribution in [1.29, 1.82) is 0 Å². The fourth-order valence-electron chi connectivity index (χ4n) is 1.66. The number of hydrogen-bond donors (Lipinski definition) is 1. The predicted octanol–water partition coefficient (Wildman–Crippen LogP) is 4.23. The van der Waals surface area contributed by atoms with Crippen molar-refractivity contribution in [3.05, 3.63) is 42.0 Å². The van der Waals surface area contributed by atoms with Crippen LogP contribution in [0, 0.1) is 0 Å². The molecule has 1 aromatic rings. The molecule has 1 heteroatoms. The number of rotatable bonds is 5. The lowest BCUT2D eigenvalue weighted by atomic mass is 10.1. The van der Waals surface area contributed by atoms with Crippen LogP contribution in [0.1, 0.15) is 33.6 Å². The zero-order valence-corrected chi connectivity index (χ0v) is 9.96. The quantitative estimate of drug-likeness (QED) is 0.706. The largest absolute Gasteiger partial charge is 0.379 e. The first kappa shape index (κ1) is 11.8. The summed E-state index contributed by atoms with van der Waals surface area (Å²) in [6.45, 7) is 6.52. The van der Waals surface area contributed by atoms with Gasteiger partial charge in [-0.05, 0) is 32.4 Å². The molecule has 0 saturated heterocycles. The van der Waals surface area contributed by atoms with Gasteiger partial charge in [-0.25, -0.2) is 0 Å². The summed E-state index contributed by atoms with van der Waals surface area (Å²) in [5.74, 6) is 0. The number of para-hydroxylation sites is 1. The highest BCUT2D eigenvalue weighted by Gasteiger charge is 2.03. The minimum Gasteiger partial charge on any atom is -0.379 e. The Bertz CT molecular complexity index is 296. The Morgan fingerprint density at radius 1 is 1.27 bits per heavy atom. The van der Waals surface area contributed by atoms with Gasteiger partial charge < -0.3 is 5.32 Å². The van der Waals surface area contributed by atoms with Crippen molar-refractivity contribution < 1.29 is 0 Å². The van der Waals surface area contributed by atoms with Gasteiger partial charge in [0.15, 0.2) is 0 Å². The van der Waals surface area contributed by atoms with E-state index in [1.807, 2.05) is 6.07 Å². The highest BCUT2D eigenvalue weighted by atomic mass is 14.9. The number of anilines is 1. The standard InChI is InChI=1S/C14H21N/c1-4-8-14(11-12(2)3)15-13-9-6-5-7-10-13/h5-7,9-11,14-15H,4,8H2,1-3H3. The molecule has 0 spiro atoms. The molecular weight excluding hydrogens is 182 g/mol. The third-order valence-corrected chi connectivity index (χ3v) is 2.26. The van der Waals surface area contributed by atoms with E-state index in [9.17, 15) is 0 Å². The molecule has 1 unspecified atom stereocenters. The molecule has 1 aromatic carbocycles. The molecule has 0 heterocycles. The van der Waals surface area contributed by atoms with E-state index in [0.29, 0.717) is 6.04 Å².